The highest BCUT2D eigenvalue weighted by molar-refractivity contribution is 5.81. The Labute approximate surface area is 133 Å². The fourth-order valence-corrected chi connectivity index (χ4v) is 2.61. The Morgan fingerprint density at radius 2 is 2.05 bits per heavy atom. The Morgan fingerprint density at radius 3 is 2.77 bits per heavy atom. The molecule has 2 rings (SSSR count). The third-order valence-corrected chi connectivity index (χ3v) is 4.21. The maximum Gasteiger partial charge on any atom is 0.241 e. The van der Waals surface area contributed by atoms with Gasteiger partial charge in [-0.1, -0.05) is 32.4 Å². The van der Waals surface area contributed by atoms with E-state index in [1.54, 1.807) is 0 Å². The van der Waals surface area contributed by atoms with Gasteiger partial charge in [-0.2, -0.15) is 0 Å². The van der Waals surface area contributed by atoms with Gasteiger partial charge in [0, 0.05) is 13.1 Å². The molecule has 0 radical (unpaired) electrons. The lowest BCUT2D eigenvalue weighted by atomic mass is 9.99. The molecule has 1 aliphatic heterocycles. The number of nitrogens with zero attached hydrogens (tertiary/aromatic N) is 1. The maximum atomic E-state index is 12.3. The highest BCUT2D eigenvalue weighted by Gasteiger charge is 2.20. The first-order chi connectivity index (χ1) is 10.7. The molecule has 1 aliphatic rings. The van der Waals surface area contributed by atoms with Crippen LogP contribution in [0.5, 0.6) is 5.75 Å². The van der Waals surface area contributed by atoms with Crippen molar-refractivity contribution in [3.8, 4) is 5.75 Å². The molecule has 0 spiro atoms. The minimum absolute atomic E-state index is 0.176. The van der Waals surface area contributed by atoms with Gasteiger partial charge in [-0.15, -0.1) is 0 Å². The second-order valence-electron chi connectivity index (χ2n) is 6.12. The average Bonchev–Trinajstić information content (AvgIpc) is 2.54. The van der Waals surface area contributed by atoms with Gasteiger partial charge in [0.05, 0.1) is 18.8 Å². The first-order valence-electron chi connectivity index (χ1n) is 8.44. The molecule has 1 saturated heterocycles. The van der Waals surface area contributed by atoms with Crippen molar-refractivity contribution in [1.82, 2.24) is 4.90 Å². The lowest BCUT2D eigenvalue weighted by molar-refractivity contribution is -0.130. The van der Waals surface area contributed by atoms with Crippen LogP contribution in [0.3, 0.4) is 0 Å². The molecule has 4 heteroatoms. The zero-order valence-electron chi connectivity index (χ0n) is 13.8. The molecule has 22 heavy (non-hydrogen) atoms. The van der Waals surface area contributed by atoms with Gasteiger partial charge in [-0.3, -0.25) is 4.79 Å². The summed E-state index contributed by atoms with van der Waals surface area (Å²) in [5.74, 6) is 1.75. The van der Waals surface area contributed by atoms with Crippen molar-refractivity contribution in [3.63, 3.8) is 0 Å². The molecule has 1 N–H and O–H groups in total. The summed E-state index contributed by atoms with van der Waals surface area (Å²) in [4.78, 5) is 14.2. The molecular formula is C18H28N2O2. The number of ether oxygens (including phenoxy) is 1. The van der Waals surface area contributed by atoms with Gasteiger partial charge in [0.1, 0.15) is 5.75 Å². The number of anilines is 1. The van der Waals surface area contributed by atoms with Crippen molar-refractivity contribution in [2.24, 2.45) is 5.92 Å². The number of benzene rings is 1. The molecule has 122 valence electrons. The molecule has 0 aromatic heterocycles. The summed E-state index contributed by atoms with van der Waals surface area (Å²) in [7, 11) is 0. The first-order valence-corrected chi connectivity index (χ1v) is 8.44. The van der Waals surface area contributed by atoms with Gasteiger partial charge in [0.15, 0.2) is 0 Å². The van der Waals surface area contributed by atoms with E-state index in [0.717, 1.165) is 56.1 Å². The number of unbranched alkanes of at least 4 members (excludes halogenated alkanes) is 1. The molecule has 1 fully saturated rings. The van der Waals surface area contributed by atoms with Crippen LogP contribution in [0, 0.1) is 5.92 Å². The van der Waals surface area contributed by atoms with Crippen molar-refractivity contribution in [2.75, 3.05) is 31.6 Å². The van der Waals surface area contributed by atoms with E-state index < -0.39 is 0 Å². The number of hydrogen-bond acceptors (Lipinski definition) is 3. The summed E-state index contributed by atoms with van der Waals surface area (Å²) in [5.41, 5.74) is 0.900. The topological polar surface area (TPSA) is 41.6 Å². The summed E-state index contributed by atoms with van der Waals surface area (Å²) < 4.78 is 5.78. The maximum absolute atomic E-state index is 12.3. The number of carbonyl (C=O) groups excluding carboxylic acids is 1. The second kappa shape index (κ2) is 8.66. The summed E-state index contributed by atoms with van der Waals surface area (Å²) in [6, 6.07) is 7.83. The van der Waals surface area contributed by atoms with E-state index in [0.29, 0.717) is 13.2 Å². The molecule has 0 saturated carbocycles. The van der Waals surface area contributed by atoms with Crippen LogP contribution in [0.15, 0.2) is 24.3 Å². The van der Waals surface area contributed by atoms with Crippen LogP contribution in [0.2, 0.25) is 0 Å². The predicted octanol–water partition coefficient (Wildman–Crippen LogP) is 3.54. The average molecular weight is 304 g/mol. The van der Waals surface area contributed by atoms with E-state index in [2.05, 4.69) is 19.2 Å². The molecule has 1 heterocycles. The lowest BCUT2D eigenvalue weighted by Gasteiger charge is -2.30. The van der Waals surface area contributed by atoms with Gasteiger partial charge in [0.2, 0.25) is 5.91 Å². The number of nitrogens with one attached hydrogen (secondary N) is 1. The Balaban J connectivity index is 1.84. The van der Waals surface area contributed by atoms with Crippen molar-refractivity contribution < 1.29 is 9.53 Å². The van der Waals surface area contributed by atoms with Crippen LogP contribution in [0.4, 0.5) is 5.69 Å². The van der Waals surface area contributed by atoms with E-state index in [4.69, 9.17) is 4.74 Å². The minimum atomic E-state index is 0.176. The van der Waals surface area contributed by atoms with Crippen LogP contribution in [0.25, 0.3) is 0 Å². The third-order valence-electron chi connectivity index (χ3n) is 4.21. The van der Waals surface area contributed by atoms with Crippen molar-refractivity contribution in [2.45, 2.75) is 39.5 Å². The summed E-state index contributed by atoms with van der Waals surface area (Å²) in [5, 5.41) is 3.23. The van der Waals surface area contributed by atoms with Crippen LogP contribution >= 0.6 is 0 Å². The van der Waals surface area contributed by atoms with E-state index in [9.17, 15) is 4.79 Å². The van der Waals surface area contributed by atoms with E-state index in [-0.39, 0.29) is 5.91 Å². The number of amides is 1. The van der Waals surface area contributed by atoms with E-state index in [1.165, 1.54) is 0 Å². The second-order valence-corrected chi connectivity index (χ2v) is 6.12. The van der Waals surface area contributed by atoms with Crippen molar-refractivity contribution in [3.05, 3.63) is 24.3 Å². The number of likely N-dealkylation sites (tertiary alicyclic amines) is 1. The van der Waals surface area contributed by atoms with Gasteiger partial charge in [-0.05, 0) is 37.3 Å². The van der Waals surface area contributed by atoms with Crippen LogP contribution in [0.1, 0.15) is 39.5 Å². The third kappa shape index (κ3) is 4.93. The Morgan fingerprint density at radius 1 is 1.32 bits per heavy atom. The monoisotopic (exact) mass is 304 g/mol. The van der Waals surface area contributed by atoms with Crippen LogP contribution < -0.4 is 10.1 Å². The highest BCUT2D eigenvalue weighted by Crippen LogP contribution is 2.24. The number of rotatable bonds is 7. The van der Waals surface area contributed by atoms with E-state index in [1.807, 2.05) is 29.2 Å². The molecule has 4 nitrogen and oxygen atoms in total. The predicted molar refractivity (Wildman–Crippen MR) is 90.3 cm³/mol. The highest BCUT2D eigenvalue weighted by atomic mass is 16.5. The fourth-order valence-electron chi connectivity index (χ4n) is 2.61. The van der Waals surface area contributed by atoms with Crippen LogP contribution in [-0.2, 0) is 4.79 Å². The van der Waals surface area contributed by atoms with Gasteiger partial charge >= 0.3 is 0 Å². The lowest BCUT2D eigenvalue weighted by Crippen LogP contribution is -2.40. The van der Waals surface area contributed by atoms with Crippen LogP contribution in [-0.4, -0.2) is 37.0 Å². The zero-order chi connectivity index (χ0) is 15.8. The van der Waals surface area contributed by atoms with E-state index >= 15 is 0 Å². The van der Waals surface area contributed by atoms with Gasteiger partial charge in [0.25, 0.3) is 0 Å². The summed E-state index contributed by atoms with van der Waals surface area (Å²) >= 11 is 0. The molecule has 0 unspecified atom stereocenters. The normalized spacial score (nSPS) is 15.6. The quantitative estimate of drug-likeness (QED) is 0.783. The zero-order valence-corrected chi connectivity index (χ0v) is 13.8. The molecule has 0 bridgehead atoms. The molecule has 1 aromatic carbocycles. The number of hydrogen-bond donors (Lipinski definition) is 1. The molecular weight excluding hydrogens is 276 g/mol. The minimum Gasteiger partial charge on any atom is -0.491 e. The Kier molecular flexibility index (Phi) is 6.56. The SMILES string of the molecule is CCCCOc1ccccc1NCC(=O)N1CCC(C)CC1. The van der Waals surface area contributed by atoms with Gasteiger partial charge in [-0.25, -0.2) is 0 Å². The largest absolute Gasteiger partial charge is 0.491 e. The number of piperidine rings is 1. The van der Waals surface area contributed by atoms with Gasteiger partial charge < -0.3 is 15.0 Å². The standard InChI is InChI=1S/C18H28N2O2/c1-3-4-13-22-17-8-6-5-7-16(17)19-14-18(21)20-11-9-15(2)10-12-20/h5-8,15,19H,3-4,9-14H2,1-2H3. The fraction of sp³-hybridized carbons (Fsp3) is 0.611. The van der Waals surface area contributed by atoms with Crippen molar-refractivity contribution >= 4 is 11.6 Å². The Hall–Kier alpha value is -1.71. The molecule has 1 aromatic rings. The molecule has 0 aliphatic carbocycles. The molecule has 1 amide bonds. The Bertz CT molecular complexity index is 468. The number of para-hydroxylation sites is 2. The van der Waals surface area contributed by atoms with Crippen molar-refractivity contribution in [1.29, 1.82) is 0 Å². The summed E-state index contributed by atoms with van der Waals surface area (Å²) in [6.07, 6.45) is 4.38. The first kappa shape index (κ1) is 16.7. The summed E-state index contributed by atoms with van der Waals surface area (Å²) in [6.45, 7) is 7.22. The number of carbonyl (C=O) groups is 1. The molecule has 0 atom stereocenters. The smallest absolute Gasteiger partial charge is 0.241 e.